The largest absolute Gasteiger partial charge is 0.454 e. The molecule has 0 fully saturated rings. The Morgan fingerprint density at radius 3 is 2.84 bits per heavy atom. The number of amides is 1. The summed E-state index contributed by atoms with van der Waals surface area (Å²) in [6.07, 6.45) is -0.606. The molecule has 8 nitrogen and oxygen atoms in total. The second kappa shape index (κ2) is 6.64. The highest BCUT2D eigenvalue weighted by atomic mass is 16.7. The Kier molecular flexibility index (Phi) is 4.54. The molecular weight excluding hydrogens is 326 g/mol. The fourth-order valence-corrected chi connectivity index (χ4v) is 2.39. The third kappa shape index (κ3) is 4.03. The summed E-state index contributed by atoms with van der Waals surface area (Å²) in [5.41, 5.74) is 1.45. The molecule has 1 aromatic heterocycles. The first-order valence-corrected chi connectivity index (χ1v) is 7.91. The summed E-state index contributed by atoms with van der Waals surface area (Å²) in [5.74, 6) is 1.35. The smallest absolute Gasteiger partial charge is 0.408 e. The number of nitrogens with one attached hydrogen (secondary N) is 2. The van der Waals surface area contributed by atoms with E-state index in [9.17, 15) is 9.90 Å². The summed E-state index contributed by atoms with van der Waals surface area (Å²) in [4.78, 5) is 11.9. The van der Waals surface area contributed by atoms with Crippen molar-refractivity contribution in [3.63, 3.8) is 0 Å². The number of hydrogen-bond acceptors (Lipinski definition) is 6. The number of benzene rings is 1. The van der Waals surface area contributed by atoms with E-state index in [4.69, 9.17) is 14.2 Å². The maximum Gasteiger partial charge on any atom is 0.408 e. The number of aliphatic hydroxyl groups is 1. The van der Waals surface area contributed by atoms with E-state index in [2.05, 4.69) is 15.5 Å². The van der Waals surface area contributed by atoms with Crippen LogP contribution < -0.4 is 14.8 Å². The number of aliphatic hydroxyl groups excluding tert-OH is 1. The molecule has 0 spiro atoms. The molecule has 0 aliphatic carbocycles. The first-order chi connectivity index (χ1) is 11.9. The van der Waals surface area contributed by atoms with Gasteiger partial charge < -0.3 is 24.6 Å². The van der Waals surface area contributed by atoms with Crippen molar-refractivity contribution in [2.24, 2.45) is 0 Å². The predicted octanol–water partition coefficient (Wildman–Crippen LogP) is 2.36. The van der Waals surface area contributed by atoms with E-state index in [1.807, 2.05) is 18.2 Å². The van der Waals surface area contributed by atoms with Gasteiger partial charge in [0.15, 0.2) is 11.5 Å². The molecule has 134 valence electrons. The van der Waals surface area contributed by atoms with Crippen molar-refractivity contribution in [3.8, 4) is 22.8 Å². The summed E-state index contributed by atoms with van der Waals surface area (Å²) in [5, 5.41) is 19.3. The van der Waals surface area contributed by atoms with Crippen LogP contribution >= 0.6 is 0 Å². The van der Waals surface area contributed by atoms with E-state index >= 15 is 0 Å². The van der Waals surface area contributed by atoms with Crippen molar-refractivity contribution in [3.05, 3.63) is 30.0 Å². The number of hydrogen-bond donors (Lipinski definition) is 3. The molecule has 0 saturated carbocycles. The predicted molar refractivity (Wildman–Crippen MR) is 89.3 cm³/mol. The summed E-state index contributed by atoms with van der Waals surface area (Å²) in [7, 11) is 0. The summed E-state index contributed by atoms with van der Waals surface area (Å²) < 4.78 is 15.9. The fourth-order valence-electron chi connectivity index (χ4n) is 2.39. The van der Waals surface area contributed by atoms with Gasteiger partial charge in [-0.15, -0.1) is 0 Å². The van der Waals surface area contributed by atoms with E-state index in [0.29, 0.717) is 22.9 Å². The van der Waals surface area contributed by atoms with Crippen LogP contribution in [0.1, 0.15) is 32.5 Å². The molecule has 8 heteroatoms. The number of nitrogens with zero attached hydrogens (tertiary/aromatic N) is 1. The number of H-pyrrole nitrogens is 1. The topological polar surface area (TPSA) is 106 Å². The molecule has 1 aliphatic heterocycles. The quantitative estimate of drug-likeness (QED) is 0.784. The molecule has 0 saturated heterocycles. The Morgan fingerprint density at radius 1 is 1.36 bits per heavy atom. The first-order valence-electron chi connectivity index (χ1n) is 7.91. The third-order valence-corrected chi connectivity index (χ3v) is 3.51. The lowest BCUT2D eigenvalue weighted by Gasteiger charge is -2.22. The Labute approximate surface area is 145 Å². The normalized spacial score (nSPS) is 14.2. The number of carbonyl (C=O) groups excluding carboxylic acids is 1. The van der Waals surface area contributed by atoms with Crippen molar-refractivity contribution in [1.82, 2.24) is 15.5 Å². The number of ether oxygens (including phenoxy) is 3. The molecule has 0 radical (unpaired) electrons. The Hall–Kier alpha value is -2.74. The molecule has 0 bridgehead atoms. The van der Waals surface area contributed by atoms with E-state index in [1.165, 1.54) is 0 Å². The number of alkyl carbamates (subject to hydrolysis) is 1. The molecule has 1 aromatic carbocycles. The van der Waals surface area contributed by atoms with Crippen LogP contribution in [0.4, 0.5) is 4.79 Å². The minimum Gasteiger partial charge on any atom is -0.454 e. The zero-order valence-corrected chi connectivity index (χ0v) is 14.3. The van der Waals surface area contributed by atoms with Crippen LogP contribution in [0.5, 0.6) is 11.5 Å². The number of carbonyl (C=O) groups is 1. The second-order valence-electron chi connectivity index (χ2n) is 6.66. The molecule has 25 heavy (non-hydrogen) atoms. The van der Waals surface area contributed by atoms with Gasteiger partial charge in [-0.2, -0.15) is 5.10 Å². The van der Waals surface area contributed by atoms with E-state index in [0.717, 1.165) is 5.56 Å². The first kappa shape index (κ1) is 17.1. The lowest BCUT2D eigenvalue weighted by atomic mass is 10.1. The molecule has 3 rings (SSSR count). The van der Waals surface area contributed by atoms with Gasteiger partial charge in [0.1, 0.15) is 5.60 Å². The zero-order chi connectivity index (χ0) is 18.0. The van der Waals surface area contributed by atoms with Gasteiger partial charge in [-0.1, -0.05) is 0 Å². The molecule has 2 heterocycles. The Morgan fingerprint density at radius 2 is 2.12 bits per heavy atom. The summed E-state index contributed by atoms with van der Waals surface area (Å²) in [6.45, 7) is 5.23. The van der Waals surface area contributed by atoms with E-state index in [1.54, 1.807) is 26.8 Å². The van der Waals surface area contributed by atoms with Crippen molar-refractivity contribution in [2.75, 3.05) is 13.4 Å². The van der Waals surface area contributed by atoms with Gasteiger partial charge in [-0.05, 0) is 45.0 Å². The van der Waals surface area contributed by atoms with Crippen molar-refractivity contribution >= 4 is 6.09 Å². The highest BCUT2D eigenvalue weighted by Gasteiger charge is 2.22. The van der Waals surface area contributed by atoms with Crippen LogP contribution in [0.25, 0.3) is 11.3 Å². The van der Waals surface area contributed by atoms with Gasteiger partial charge in [0.25, 0.3) is 0 Å². The van der Waals surface area contributed by atoms with Crippen molar-refractivity contribution in [1.29, 1.82) is 0 Å². The van der Waals surface area contributed by atoms with Crippen LogP contribution in [0, 0.1) is 0 Å². The maximum atomic E-state index is 11.9. The van der Waals surface area contributed by atoms with Gasteiger partial charge in [0, 0.05) is 5.56 Å². The van der Waals surface area contributed by atoms with Gasteiger partial charge in [-0.3, -0.25) is 5.10 Å². The molecule has 2 aromatic rings. The monoisotopic (exact) mass is 347 g/mol. The Balaban J connectivity index is 1.74. The van der Waals surface area contributed by atoms with Gasteiger partial charge in [0.2, 0.25) is 6.79 Å². The lowest BCUT2D eigenvalue weighted by Crippen LogP contribution is -2.36. The number of fused-ring (bicyclic) bond motifs is 1. The van der Waals surface area contributed by atoms with E-state index < -0.39 is 17.7 Å². The molecule has 3 N–H and O–H groups in total. The highest BCUT2D eigenvalue weighted by Crippen LogP contribution is 2.35. The van der Waals surface area contributed by atoms with E-state index in [-0.39, 0.29) is 13.4 Å². The highest BCUT2D eigenvalue weighted by molar-refractivity contribution is 5.69. The summed E-state index contributed by atoms with van der Waals surface area (Å²) in [6, 6.07) is 6.62. The van der Waals surface area contributed by atoms with Gasteiger partial charge >= 0.3 is 6.09 Å². The third-order valence-electron chi connectivity index (χ3n) is 3.51. The average Bonchev–Trinajstić information content (AvgIpc) is 3.19. The van der Waals surface area contributed by atoms with Crippen molar-refractivity contribution in [2.45, 2.75) is 32.4 Å². The molecule has 1 amide bonds. The minimum atomic E-state index is -0.648. The zero-order valence-electron chi connectivity index (χ0n) is 14.3. The molecule has 1 atom stereocenters. The van der Waals surface area contributed by atoms with Crippen LogP contribution in [0.2, 0.25) is 0 Å². The molecule has 1 unspecified atom stereocenters. The van der Waals surface area contributed by atoms with Crippen LogP contribution in [0.3, 0.4) is 0 Å². The van der Waals surface area contributed by atoms with Gasteiger partial charge in [-0.25, -0.2) is 4.79 Å². The summed E-state index contributed by atoms with van der Waals surface area (Å²) >= 11 is 0. The SMILES string of the molecule is CC(C)(C)OC(=O)NC(CO)c1cc(-c2ccc3c(c2)OCO3)n[nH]1. The van der Waals surface area contributed by atoms with Crippen LogP contribution in [0.15, 0.2) is 24.3 Å². The van der Waals surface area contributed by atoms with Crippen LogP contribution in [-0.2, 0) is 4.74 Å². The van der Waals surface area contributed by atoms with Gasteiger partial charge in [0.05, 0.1) is 24.0 Å². The Bertz CT molecular complexity index is 766. The molecular formula is C17H21N3O5. The lowest BCUT2D eigenvalue weighted by molar-refractivity contribution is 0.0480. The standard InChI is InChI=1S/C17H21N3O5/c1-17(2,3)25-16(22)18-13(8-21)12-7-11(19-20-12)10-4-5-14-15(6-10)24-9-23-14/h4-7,13,21H,8-9H2,1-3H3,(H,18,22)(H,19,20). The van der Waals surface area contributed by atoms with Crippen molar-refractivity contribution < 1.29 is 24.1 Å². The minimum absolute atomic E-state index is 0.205. The number of aromatic amines is 1. The molecule has 1 aliphatic rings. The second-order valence-corrected chi connectivity index (χ2v) is 6.66. The number of aromatic nitrogens is 2. The average molecular weight is 347 g/mol. The fraction of sp³-hybridized carbons (Fsp3) is 0.412. The van der Waals surface area contributed by atoms with Crippen LogP contribution in [-0.4, -0.2) is 40.4 Å². The maximum absolute atomic E-state index is 11.9. The number of rotatable bonds is 4.